The highest BCUT2D eigenvalue weighted by molar-refractivity contribution is 6.33. The second kappa shape index (κ2) is 12.3. The Hall–Kier alpha value is -7.11. The minimum absolute atomic E-state index is 0.627. The van der Waals surface area contributed by atoms with Crippen LogP contribution in [0.4, 0.5) is 0 Å². The lowest BCUT2D eigenvalue weighted by Crippen LogP contribution is -1.96. The summed E-state index contributed by atoms with van der Waals surface area (Å²) in [4.78, 5) is 22.7. The first-order valence-electron chi connectivity index (χ1n) is 17.3. The minimum Gasteiger partial charge on any atom is -0.228 e. The van der Waals surface area contributed by atoms with E-state index >= 15 is 0 Å². The molecule has 0 radical (unpaired) electrons. The Labute approximate surface area is 300 Å². The molecule has 0 aliphatic heterocycles. The smallest absolute Gasteiger partial charge is 0.162 e. The summed E-state index contributed by atoms with van der Waals surface area (Å²) < 4.78 is 0. The van der Waals surface area contributed by atoms with Crippen LogP contribution in [0.2, 0.25) is 0 Å². The molecule has 0 aliphatic rings. The molecule has 52 heavy (non-hydrogen) atoms. The third-order valence-corrected chi connectivity index (χ3v) is 9.93. The first-order chi connectivity index (χ1) is 25.8. The number of rotatable bonds is 5. The number of aromatic nitrogens is 5. The van der Waals surface area contributed by atoms with Gasteiger partial charge in [0.25, 0.3) is 0 Å². The van der Waals surface area contributed by atoms with Gasteiger partial charge in [-0.05, 0) is 66.3 Å². The zero-order valence-electron chi connectivity index (χ0n) is 28.0. The normalized spacial score (nSPS) is 11.5. The van der Waals surface area contributed by atoms with Crippen molar-refractivity contribution in [1.82, 2.24) is 24.9 Å². The summed E-state index contributed by atoms with van der Waals surface area (Å²) >= 11 is 0. The fourth-order valence-electron chi connectivity index (χ4n) is 7.46. The van der Waals surface area contributed by atoms with Crippen LogP contribution < -0.4 is 0 Å². The molecular formula is C47H29N5. The fourth-order valence-corrected chi connectivity index (χ4v) is 7.46. The van der Waals surface area contributed by atoms with Crippen molar-refractivity contribution in [3.05, 3.63) is 176 Å². The van der Waals surface area contributed by atoms with Crippen molar-refractivity contribution in [2.45, 2.75) is 0 Å². The van der Waals surface area contributed by atoms with E-state index in [1.807, 2.05) is 42.5 Å². The highest BCUT2D eigenvalue weighted by atomic mass is 15.0. The third kappa shape index (κ3) is 5.07. The molecule has 5 nitrogen and oxygen atoms in total. The first-order valence-corrected chi connectivity index (χ1v) is 17.3. The average molecular weight is 664 g/mol. The third-order valence-electron chi connectivity index (χ3n) is 9.93. The molecule has 0 saturated carbocycles. The molecule has 0 fully saturated rings. The second-order valence-electron chi connectivity index (χ2n) is 12.9. The standard InChI is InChI=1S/C47H29N5/c1-2-10-31(11-3-1)43-27-44(52-47(51-43)34-24-22-33(23-25-34)46-49-28-48-29-50-46)32-20-18-30(19-21-32)41-26-42-37-14-5-4-12-35(37)36-13-6-8-16-39(36)45(42)40-17-9-7-15-38(40)41/h1-29H. The van der Waals surface area contributed by atoms with Crippen molar-refractivity contribution in [3.63, 3.8) is 0 Å². The number of nitrogens with zero attached hydrogens (tertiary/aromatic N) is 5. The van der Waals surface area contributed by atoms with Gasteiger partial charge in [0.2, 0.25) is 0 Å². The SMILES string of the molecule is c1ccc(-c2cc(-c3ccc(-c4cc5c6ccccc6c6ccccc6c5c5ccccc45)cc3)nc(-c3ccc(-c4ncncn4)cc3)n2)cc1. The molecule has 0 bridgehead atoms. The molecule has 10 aromatic rings. The van der Waals surface area contributed by atoms with Gasteiger partial charge in [0.05, 0.1) is 11.4 Å². The molecular weight excluding hydrogens is 635 g/mol. The van der Waals surface area contributed by atoms with Gasteiger partial charge in [0, 0.05) is 22.3 Å². The van der Waals surface area contributed by atoms with E-state index in [0.717, 1.165) is 39.2 Å². The Balaban J connectivity index is 1.11. The molecule has 2 aromatic heterocycles. The molecule has 2 heterocycles. The predicted molar refractivity (Wildman–Crippen MR) is 213 cm³/mol. The highest BCUT2D eigenvalue weighted by Crippen LogP contribution is 2.43. The summed E-state index contributed by atoms with van der Waals surface area (Å²) in [7, 11) is 0. The van der Waals surface area contributed by atoms with Crippen LogP contribution in [0.1, 0.15) is 0 Å². The molecule has 0 amide bonds. The van der Waals surface area contributed by atoms with Crippen molar-refractivity contribution < 1.29 is 0 Å². The van der Waals surface area contributed by atoms with Crippen LogP contribution in [0.5, 0.6) is 0 Å². The minimum atomic E-state index is 0.627. The van der Waals surface area contributed by atoms with Crippen LogP contribution in [-0.2, 0) is 0 Å². The average Bonchev–Trinajstić information content (AvgIpc) is 3.24. The lowest BCUT2D eigenvalue weighted by atomic mass is 9.87. The molecule has 0 atom stereocenters. The maximum absolute atomic E-state index is 5.11. The van der Waals surface area contributed by atoms with Crippen LogP contribution in [0.25, 0.3) is 99.5 Å². The predicted octanol–water partition coefficient (Wildman–Crippen LogP) is 11.6. The van der Waals surface area contributed by atoms with Crippen molar-refractivity contribution in [3.8, 4) is 56.4 Å². The largest absolute Gasteiger partial charge is 0.228 e. The topological polar surface area (TPSA) is 64.5 Å². The van der Waals surface area contributed by atoms with Crippen molar-refractivity contribution in [2.75, 3.05) is 0 Å². The number of hydrogen-bond donors (Lipinski definition) is 0. The van der Waals surface area contributed by atoms with Crippen LogP contribution in [0, 0.1) is 0 Å². The molecule has 0 N–H and O–H groups in total. The summed E-state index contributed by atoms with van der Waals surface area (Å²) in [6.07, 6.45) is 3.01. The number of fused-ring (bicyclic) bond motifs is 8. The quantitative estimate of drug-likeness (QED) is 0.171. The van der Waals surface area contributed by atoms with Gasteiger partial charge in [-0.3, -0.25) is 0 Å². The van der Waals surface area contributed by atoms with Gasteiger partial charge in [0.1, 0.15) is 12.7 Å². The van der Waals surface area contributed by atoms with E-state index in [9.17, 15) is 0 Å². The van der Waals surface area contributed by atoms with E-state index in [-0.39, 0.29) is 0 Å². The second-order valence-corrected chi connectivity index (χ2v) is 12.9. The van der Waals surface area contributed by atoms with Gasteiger partial charge in [-0.1, -0.05) is 152 Å². The summed E-state index contributed by atoms with van der Waals surface area (Å²) in [5.74, 6) is 1.28. The molecule has 8 aromatic carbocycles. The molecule has 5 heteroatoms. The lowest BCUT2D eigenvalue weighted by molar-refractivity contribution is 1.06. The van der Waals surface area contributed by atoms with Crippen molar-refractivity contribution >= 4 is 43.1 Å². The maximum atomic E-state index is 5.11. The lowest BCUT2D eigenvalue weighted by Gasteiger charge is -2.16. The van der Waals surface area contributed by atoms with Crippen LogP contribution in [0.3, 0.4) is 0 Å². The molecule has 0 saturated heterocycles. The molecule has 242 valence electrons. The Kier molecular flexibility index (Phi) is 7.07. The maximum Gasteiger partial charge on any atom is 0.162 e. The van der Waals surface area contributed by atoms with Crippen molar-refractivity contribution in [1.29, 1.82) is 0 Å². The molecule has 0 spiro atoms. The Morgan fingerprint density at radius 3 is 1.38 bits per heavy atom. The van der Waals surface area contributed by atoms with Crippen LogP contribution in [0.15, 0.2) is 176 Å². The van der Waals surface area contributed by atoms with Gasteiger partial charge >= 0.3 is 0 Å². The van der Waals surface area contributed by atoms with E-state index in [1.165, 1.54) is 61.3 Å². The summed E-state index contributed by atoms with van der Waals surface area (Å²) in [5.41, 5.74) is 7.97. The van der Waals surface area contributed by atoms with Crippen LogP contribution in [-0.4, -0.2) is 24.9 Å². The summed E-state index contributed by atoms with van der Waals surface area (Å²) in [6.45, 7) is 0. The first kappa shape index (κ1) is 29.8. The molecule has 0 unspecified atom stereocenters. The van der Waals surface area contributed by atoms with E-state index < -0.39 is 0 Å². The Morgan fingerprint density at radius 1 is 0.308 bits per heavy atom. The van der Waals surface area contributed by atoms with Gasteiger partial charge in [-0.15, -0.1) is 0 Å². The van der Waals surface area contributed by atoms with Gasteiger partial charge in [0.15, 0.2) is 11.6 Å². The Morgan fingerprint density at radius 2 is 0.750 bits per heavy atom. The van der Waals surface area contributed by atoms with Gasteiger partial charge in [-0.25, -0.2) is 24.9 Å². The zero-order valence-corrected chi connectivity index (χ0v) is 28.0. The van der Waals surface area contributed by atoms with Crippen LogP contribution >= 0.6 is 0 Å². The van der Waals surface area contributed by atoms with E-state index in [2.05, 4.69) is 136 Å². The summed E-state index contributed by atoms with van der Waals surface area (Å²) in [5, 5.41) is 10.2. The number of hydrogen-bond acceptors (Lipinski definition) is 5. The highest BCUT2D eigenvalue weighted by Gasteiger charge is 2.16. The van der Waals surface area contributed by atoms with E-state index in [1.54, 1.807) is 0 Å². The zero-order chi connectivity index (χ0) is 34.4. The molecule has 10 rings (SSSR count). The van der Waals surface area contributed by atoms with Gasteiger partial charge < -0.3 is 0 Å². The summed E-state index contributed by atoms with van der Waals surface area (Å²) in [6, 6.07) is 57.9. The van der Waals surface area contributed by atoms with Gasteiger partial charge in [-0.2, -0.15) is 0 Å². The fraction of sp³-hybridized carbons (Fsp3) is 0. The van der Waals surface area contributed by atoms with E-state index in [0.29, 0.717) is 11.6 Å². The molecule has 0 aliphatic carbocycles. The Bertz CT molecular complexity index is 2920. The van der Waals surface area contributed by atoms with E-state index in [4.69, 9.17) is 9.97 Å². The monoisotopic (exact) mass is 663 g/mol. The van der Waals surface area contributed by atoms with Crippen molar-refractivity contribution in [2.24, 2.45) is 0 Å². The number of benzene rings is 8.